The Labute approximate surface area is 177 Å². The minimum Gasteiger partial charge on any atom is -0.494 e. The Morgan fingerprint density at radius 2 is 1.70 bits per heavy atom. The summed E-state index contributed by atoms with van der Waals surface area (Å²) in [6, 6.07) is 14.6. The van der Waals surface area contributed by atoms with Crippen LogP contribution in [-0.4, -0.2) is 33.6 Å². The van der Waals surface area contributed by atoms with Crippen molar-refractivity contribution in [2.75, 3.05) is 28.7 Å². The number of amides is 2. The second-order valence-corrected chi connectivity index (χ2v) is 8.92. The number of ether oxygens (including phenoxy) is 1. The van der Waals surface area contributed by atoms with Crippen molar-refractivity contribution in [2.45, 2.75) is 0 Å². The van der Waals surface area contributed by atoms with Crippen LogP contribution in [-0.2, 0) is 10.0 Å². The summed E-state index contributed by atoms with van der Waals surface area (Å²) in [4.78, 5) is 25.7. The van der Waals surface area contributed by atoms with E-state index in [0.29, 0.717) is 16.3 Å². The molecule has 0 radical (unpaired) electrons. The van der Waals surface area contributed by atoms with Gasteiger partial charge in [-0.1, -0.05) is 18.2 Å². The fraction of sp³-hybridized carbons (Fsp3) is 0.100. The molecule has 30 heavy (non-hydrogen) atoms. The molecule has 0 aliphatic carbocycles. The molecule has 0 fully saturated rings. The summed E-state index contributed by atoms with van der Waals surface area (Å²) in [5.41, 5.74) is 1.30. The first-order chi connectivity index (χ1) is 14.3. The van der Waals surface area contributed by atoms with Crippen molar-refractivity contribution in [3.63, 3.8) is 0 Å². The van der Waals surface area contributed by atoms with Crippen LogP contribution in [0.25, 0.3) is 0 Å². The predicted molar refractivity (Wildman–Crippen MR) is 118 cm³/mol. The van der Waals surface area contributed by atoms with Crippen LogP contribution in [0.3, 0.4) is 0 Å². The van der Waals surface area contributed by atoms with E-state index in [0.717, 1.165) is 6.26 Å². The lowest BCUT2D eigenvalue weighted by Crippen LogP contribution is -2.18. The van der Waals surface area contributed by atoms with Gasteiger partial charge in [0.1, 0.15) is 5.75 Å². The Kier molecular flexibility index (Phi) is 6.38. The summed E-state index contributed by atoms with van der Waals surface area (Å²) in [6.45, 7) is 0. The second kappa shape index (κ2) is 8.97. The molecule has 2 aromatic carbocycles. The standard InChI is InChI=1S/C20H19N3O5S2/c1-28-17-12-13(9-10-16(17)23-30(2,26)27)21-19(24)14-6-3-4-7-15(14)22-20(25)18-8-5-11-29-18/h3-12,23H,1-2H3,(H,21,24)(H,22,25). The highest BCUT2D eigenvalue weighted by Gasteiger charge is 2.16. The minimum absolute atomic E-state index is 0.248. The maximum Gasteiger partial charge on any atom is 0.265 e. The number of para-hydroxylation sites is 1. The third-order valence-electron chi connectivity index (χ3n) is 3.92. The monoisotopic (exact) mass is 445 g/mol. The molecule has 1 aromatic heterocycles. The number of benzene rings is 2. The highest BCUT2D eigenvalue weighted by Crippen LogP contribution is 2.29. The Morgan fingerprint density at radius 1 is 0.933 bits per heavy atom. The molecule has 3 N–H and O–H groups in total. The molecule has 0 unspecified atom stereocenters. The molecule has 1 heterocycles. The molecule has 0 aliphatic rings. The van der Waals surface area contributed by atoms with E-state index in [2.05, 4.69) is 15.4 Å². The second-order valence-electron chi connectivity index (χ2n) is 6.22. The normalized spacial score (nSPS) is 10.9. The number of sulfonamides is 1. The molecule has 0 aliphatic heterocycles. The van der Waals surface area contributed by atoms with Crippen LogP contribution < -0.4 is 20.1 Å². The van der Waals surface area contributed by atoms with Crippen LogP contribution >= 0.6 is 11.3 Å². The van der Waals surface area contributed by atoms with Gasteiger partial charge in [0, 0.05) is 11.8 Å². The summed E-state index contributed by atoms with van der Waals surface area (Å²) in [5.74, 6) is -0.497. The van der Waals surface area contributed by atoms with E-state index in [9.17, 15) is 18.0 Å². The van der Waals surface area contributed by atoms with Crippen LogP contribution in [0.5, 0.6) is 5.75 Å². The molecule has 0 saturated heterocycles. The van der Waals surface area contributed by atoms with Crippen LogP contribution in [0.1, 0.15) is 20.0 Å². The maximum absolute atomic E-state index is 12.8. The third-order valence-corrected chi connectivity index (χ3v) is 5.38. The first kappa shape index (κ1) is 21.3. The molecule has 156 valence electrons. The summed E-state index contributed by atoms with van der Waals surface area (Å²) < 4.78 is 30.5. The van der Waals surface area contributed by atoms with Gasteiger partial charge in [0.05, 0.1) is 35.2 Å². The number of carbonyl (C=O) groups is 2. The fourth-order valence-electron chi connectivity index (χ4n) is 2.63. The van der Waals surface area contributed by atoms with E-state index < -0.39 is 15.9 Å². The molecule has 0 spiro atoms. The SMILES string of the molecule is COc1cc(NC(=O)c2ccccc2NC(=O)c2cccs2)ccc1NS(C)(=O)=O. The van der Waals surface area contributed by atoms with Gasteiger partial charge >= 0.3 is 0 Å². The molecule has 10 heteroatoms. The molecular weight excluding hydrogens is 426 g/mol. The number of hydrogen-bond acceptors (Lipinski definition) is 6. The number of anilines is 3. The van der Waals surface area contributed by atoms with Crippen molar-refractivity contribution < 1.29 is 22.7 Å². The lowest BCUT2D eigenvalue weighted by atomic mass is 10.1. The van der Waals surface area contributed by atoms with Gasteiger partial charge in [0.25, 0.3) is 11.8 Å². The van der Waals surface area contributed by atoms with Crippen molar-refractivity contribution in [3.05, 3.63) is 70.4 Å². The number of hydrogen-bond donors (Lipinski definition) is 3. The molecule has 0 bridgehead atoms. The smallest absolute Gasteiger partial charge is 0.265 e. The summed E-state index contributed by atoms with van der Waals surface area (Å²) in [5, 5.41) is 7.27. The Bertz CT molecular complexity index is 1170. The number of nitrogens with one attached hydrogen (secondary N) is 3. The van der Waals surface area contributed by atoms with Crippen LogP contribution in [0.15, 0.2) is 60.0 Å². The van der Waals surface area contributed by atoms with E-state index >= 15 is 0 Å². The van der Waals surface area contributed by atoms with Crippen LogP contribution in [0.2, 0.25) is 0 Å². The van der Waals surface area contributed by atoms with E-state index in [1.807, 2.05) is 0 Å². The van der Waals surface area contributed by atoms with Crippen molar-refractivity contribution in [1.29, 1.82) is 0 Å². The predicted octanol–water partition coefficient (Wildman–Crippen LogP) is 3.63. The number of thiophene rings is 1. The van der Waals surface area contributed by atoms with Crippen LogP contribution in [0, 0.1) is 0 Å². The number of rotatable bonds is 7. The van der Waals surface area contributed by atoms with E-state index in [4.69, 9.17) is 4.74 Å². The average Bonchev–Trinajstić information content (AvgIpc) is 3.23. The minimum atomic E-state index is -3.48. The van der Waals surface area contributed by atoms with E-state index in [1.54, 1.807) is 47.8 Å². The quantitative estimate of drug-likeness (QED) is 0.514. The third kappa shape index (κ3) is 5.37. The summed E-state index contributed by atoms with van der Waals surface area (Å²) >= 11 is 1.30. The van der Waals surface area contributed by atoms with Crippen molar-refractivity contribution in [1.82, 2.24) is 0 Å². The van der Waals surface area contributed by atoms with Gasteiger partial charge in [-0.25, -0.2) is 8.42 Å². The van der Waals surface area contributed by atoms with Gasteiger partial charge in [-0.2, -0.15) is 0 Å². The van der Waals surface area contributed by atoms with E-state index in [-0.39, 0.29) is 22.9 Å². The fourth-order valence-corrected chi connectivity index (χ4v) is 3.82. The van der Waals surface area contributed by atoms with Gasteiger partial charge in [-0.3, -0.25) is 14.3 Å². The molecule has 8 nitrogen and oxygen atoms in total. The van der Waals surface area contributed by atoms with E-state index in [1.165, 1.54) is 30.6 Å². The Hall–Kier alpha value is -3.37. The zero-order valence-corrected chi connectivity index (χ0v) is 17.8. The van der Waals surface area contributed by atoms with Gasteiger partial charge in [-0.15, -0.1) is 11.3 Å². The van der Waals surface area contributed by atoms with Gasteiger partial charge < -0.3 is 15.4 Å². The van der Waals surface area contributed by atoms with Gasteiger partial charge in [0.2, 0.25) is 10.0 Å². The van der Waals surface area contributed by atoms with Crippen molar-refractivity contribution >= 4 is 50.2 Å². The summed E-state index contributed by atoms with van der Waals surface area (Å²) in [6.07, 6.45) is 1.03. The molecule has 3 rings (SSSR count). The highest BCUT2D eigenvalue weighted by molar-refractivity contribution is 7.92. The van der Waals surface area contributed by atoms with Crippen LogP contribution in [0.4, 0.5) is 17.1 Å². The Balaban J connectivity index is 1.80. The first-order valence-electron chi connectivity index (χ1n) is 8.68. The topological polar surface area (TPSA) is 114 Å². The van der Waals surface area contributed by atoms with Gasteiger partial charge in [0.15, 0.2) is 0 Å². The summed E-state index contributed by atoms with van der Waals surface area (Å²) in [7, 11) is -2.09. The zero-order valence-electron chi connectivity index (χ0n) is 16.1. The molecule has 0 saturated carbocycles. The number of methoxy groups -OCH3 is 1. The van der Waals surface area contributed by atoms with Crippen molar-refractivity contribution in [3.8, 4) is 5.75 Å². The largest absolute Gasteiger partial charge is 0.494 e. The Morgan fingerprint density at radius 3 is 2.37 bits per heavy atom. The lowest BCUT2D eigenvalue weighted by molar-refractivity contribution is 0.102. The van der Waals surface area contributed by atoms with Crippen molar-refractivity contribution in [2.24, 2.45) is 0 Å². The van der Waals surface area contributed by atoms with Gasteiger partial charge in [-0.05, 0) is 35.7 Å². The molecule has 3 aromatic rings. The molecular formula is C20H19N3O5S2. The number of carbonyl (C=O) groups excluding carboxylic acids is 2. The molecule has 0 atom stereocenters. The highest BCUT2D eigenvalue weighted by atomic mass is 32.2. The zero-order chi connectivity index (χ0) is 21.7. The average molecular weight is 446 g/mol. The first-order valence-corrected chi connectivity index (χ1v) is 11.4. The maximum atomic E-state index is 12.8. The molecule has 2 amide bonds. The lowest BCUT2D eigenvalue weighted by Gasteiger charge is -2.14.